The zero-order valence-electron chi connectivity index (χ0n) is 17.5. The summed E-state index contributed by atoms with van der Waals surface area (Å²) in [6, 6.07) is 12.6. The Hall–Kier alpha value is -4.79. The average Bonchev–Trinajstić information content (AvgIpc) is 3.43. The summed E-state index contributed by atoms with van der Waals surface area (Å²) in [4.78, 5) is 27.1. The molecule has 170 valence electrons. The molecular weight excluding hydrogens is 450 g/mol. The average molecular weight is 464 g/mol. The maximum absolute atomic E-state index is 13.3. The molecule has 3 heterocycles. The summed E-state index contributed by atoms with van der Waals surface area (Å²) in [7, 11) is 1.43. The number of nitriles is 1. The van der Waals surface area contributed by atoms with Crippen LogP contribution in [0.4, 0.5) is 14.5 Å². The van der Waals surface area contributed by atoms with Gasteiger partial charge in [0, 0.05) is 24.4 Å². The number of aromatic amines is 1. The third-order valence-electron chi connectivity index (χ3n) is 5.26. The molecule has 0 fully saturated rings. The van der Waals surface area contributed by atoms with Crippen molar-refractivity contribution in [1.29, 1.82) is 5.26 Å². The van der Waals surface area contributed by atoms with Crippen LogP contribution in [0.25, 0.3) is 22.2 Å². The van der Waals surface area contributed by atoms with E-state index in [1.165, 1.54) is 36.3 Å². The number of amides is 1. The number of alkyl halides is 2. The number of nitrogens with one attached hydrogen (secondary N) is 1. The summed E-state index contributed by atoms with van der Waals surface area (Å²) < 4.78 is 36.4. The molecule has 0 atom stereocenters. The molecule has 2 aromatic heterocycles. The van der Waals surface area contributed by atoms with E-state index < -0.39 is 24.3 Å². The van der Waals surface area contributed by atoms with E-state index in [4.69, 9.17) is 0 Å². The van der Waals surface area contributed by atoms with Crippen molar-refractivity contribution in [3.63, 3.8) is 0 Å². The normalized spacial score (nSPS) is 13.6. The zero-order chi connectivity index (χ0) is 24.0. The zero-order valence-corrected chi connectivity index (χ0v) is 17.5. The van der Waals surface area contributed by atoms with Crippen molar-refractivity contribution in [1.82, 2.24) is 20.0 Å². The van der Waals surface area contributed by atoms with E-state index in [1.54, 1.807) is 24.3 Å². The Labute approximate surface area is 189 Å². The monoisotopic (exact) mass is 464 g/mol. The highest BCUT2D eigenvalue weighted by Gasteiger charge is 2.43. The minimum Gasteiger partial charge on any atom is -0.395 e. The Bertz CT molecular complexity index is 1560. The molecule has 1 amide bonds. The molecule has 1 aliphatic rings. The van der Waals surface area contributed by atoms with E-state index in [0.29, 0.717) is 22.3 Å². The van der Waals surface area contributed by atoms with Crippen molar-refractivity contribution in [2.24, 2.45) is 0 Å². The molecule has 0 aliphatic carbocycles. The summed E-state index contributed by atoms with van der Waals surface area (Å²) >= 11 is 0. The smallest absolute Gasteiger partial charge is 0.395 e. The summed E-state index contributed by atoms with van der Waals surface area (Å²) in [5.74, 6) is -0.904. The molecule has 34 heavy (non-hydrogen) atoms. The van der Waals surface area contributed by atoms with Gasteiger partial charge in [-0.1, -0.05) is 12.1 Å². The fourth-order valence-electron chi connectivity index (χ4n) is 3.55. The number of aromatic nitrogens is 4. The first kappa shape index (κ1) is 21.1. The first-order valence-electron chi connectivity index (χ1n) is 9.87. The number of carbonyl (C=O) groups excluding carboxylic acids is 1. The fourth-order valence-corrected chi connectivity index (χ4v) is 3.55. The maximum atomic E-state index is 13.3. The van der Waals surface area contributed by atoms with Crippen LogP contribution in [0.15, 0.2) is 53.5 Å². The molecule has 0 saturated heterocycles. The van der Waals surface area contributed by atoms with Gasteiger partial charge in [0.1, 0.15) is 12.2 Å². The van der Waals surface area contributed by atoms with Crippen molar-refractivity contribution in [2.45, 2.75) is 12.8 Å². The summed E-state index contributed by atoms with van der Waals surface area (Å²) in [6.45, 7) is -0.438. The lowest BCUT2D eigenvalue weighted by molar-refractivity contribution is -0.286. The van der Waals surface area contributed by atoms with E-state index >= 15 is 0 Å². The quantitative estimate of drug-likeness (QED) is 0.492. The van der Waals surface area contributed by atoms with Crippen LogP contribution in [0.2, 0.25) is 0 Å². The maximum Gasteiger partial charge on any atom is 0.586 e. The third-order valence-corrected chi connectivity index (χ3v) is 5.26. The summed E-state index contributed by atoms with van der Waals surface area (Å²) in [6.07, 6.45) is -2.44. The van der Waals surface area contributed by atoms with Crippen LogP contribution in [0.3, 0.4) is 0 Å². The standard InChI is InChI=1S/C22H14F2N6O4/c1-29(14-5-6-16-17(8-14)34-22(23,24)33-16)18(31)11-30-21(32)15-10-26-27-20(15)19(28-30)13-4-2-3-12(7-13)9-25/h2-8,10H,11H2,1H3,(H,26,27). The molecule has 0 unspecified atom stereocenters. The molecular formula is C22H14F2N6O4. The van der Waals surface area contributed by atoms with Gasteiger partial charge in [-0.3, -0.25) is 14.7 Å². The number of carbonyl (C=O) groups is 1. The minimum atomic E-state index is -3.78. The Kier molecular flexibility index (Phi) is 4.75. The highest BCUT2D eigenvalue weighted by Crippen LogP contribution is 2.42. The van der Waals surface area contributed by atoms with Crippen molar-refractivity contribution in [3.8, 4) is 28.8 Å². The first-order valence-corrected chi connectivity index (χ1v) is 9.87. The van der Waals surface area contributed by atoms with Crippen LogP contribution in [-0.4, -0.2) is 39.2 Å². The molecule has 10 nitrogen and oxygen atoms in total. The van der Waals surface area contributed by atoms with Gasteiger partial charge in [-0.2, -0.15) is 15.5 Å². The predicted molar refractivity (Wildman–Crippen MR) is 114 cm³/mol. The first-order chi connectivity index (χ1) is 16.3. The molecule has 0 saturated carbocycles. The molecule has 1 aliphatic heterocycles. The van der Waals surface area contributed by atoms with Crippen molar-refractivity contribution in [2.75, 3.05) is 11.9 Å². The lowest BCUT2D eigenvalue weighted by atomic mass is 10.1. The van der Waals surface area contributed by atoms with E-state index in [9.17, 15) is 23.6 Å². The summed E-state index contributed by atoms with van der Waals surface area (Å²) in [5, 5.41) is 20.4. The van der Waals surface area contributed by atoms with E-state index in [1.807, 2.05) is 6.07 Å². The molecule has 4 aromatic rings. The van der Waals surface area contributed by atoms with Crippen molar-refractivity contribution < 1.29 is 23.0 Å². The number of anilines is 1. The molecule has 1 N–H and O–H groups in total. The van der Waals surface area contributed by atoms with Gasteiger partial charge in [0.15, 0.2) is 11.5 Å². The van der Waals surface area contributed by atoms with Gasteiger partial charge in [0.2, 0.25) is 5.91 Å². The van der Waals surface area contributed by atoms with Crippen LogP contribution < -0.4 is 19.9 Å². The second-order valence-electron chi connectivity index (χ2n) is 7.41. The number of hydrogen-bond donors (Lipinski definition) is 1. The number of nitrogens with zero attached hydrogens (tertiary/aromatic N) is 5. The predicted octanol–water partition coefficient (Wildman–Crippen LogP) is 2.64. The van der Waals surface area contributed by atoms with Gasteiger partial charge in [-0.25, -0.2) is 4.68 Å². The van der Waals surface area contributed by atoms with Crippen LogP contribution in [-0.2, 0) is 11.3 Å². The van der Waals surface area contributed by atoms with Gasteiger partial charge in [0.25, 0.3) is 5.56 Å². The van der Waals surface area contributed by atoms with Crippen LogP contribution in [0, 0.1) is 11.3 Å². The third kappa shape index (κ3) is 3.58. The number of hydrogen-bond acceptors (Lipinski definition) is 7. The molecule has 0 bridgehead atoms. The number of ether oxygens (including phenoxy) is 2. The Balaban J connectivity index is 1.48. The highest BCUT2D eigenvalue weighted by molar-refractivity contribution is 5.94. The minimum absolute atomic E-state index is 0.151. The molecule has 0 spiro atoms. The van der Waals surface area contributed by atoms with E-state index in [2.05, 4.69) is 24.8 Å². The number of halogens is 2. The Morgan fingerprint density at radius 2 is 2.03 bits per heavy atom. The number of likely N-dealkylation sites (N-methyl/N-ethyl adjacent to an activating group) is 1. The number of benzene rings is 2. The van der Waals surface area contributed by atoms with Crippen molar-refractivity contribution in [3.05, 3.63) is 64.6 Å². The fraction of sp³-hybridized carbons (Fsp3) is 0.136. The van der Waals surface area contributed by atoms with Gasteiger partial charge >= 0.3 is 6.29 Å². The molecule has 12 heteroatoms. The van der Waals surface area contributed by atoms with E-state index in [-0.39, 0.29) is 22.6 Å². The molecule has 2 aromatic carbocycles. The Morgan fingerprint density at radius 1 is 1.24 bits per heavy atom. The Morgan fingerprint density at radius 3 is 2.82 bits per heavy atom. The lowest BCUT2D eigenvalue weighted by Crippen LogP contribution is -2.35. The topological polar surface area (TPSA) is 126 Å². The van der Waals surface area contributed by atoms with Gasteiger partial charge in [-0.05, 0) is 24.3 Å². The summed E-state index contributed by atoms with van der Waals surface area (Å²) in [5.41, 5.74) is 1.37. The van der Waals surface area contributed by atoms with Crippen molar-refractivity contribution >= 4 is 22.5 Å². The molecule has 0 radical (unpaired) electrons. The number of fused-ring (bicyclic) bond motifs is 2. The largest absolute Gasteiger partial charge is 0.586 e. The number of rotatable bonds is 4. The van der Waals surface area contributed by atoms with E-state index in [0.717, 1.165) is 4.68 Å². The lowest BCUT2D eigenvalue weighted by Gasteiger charge is -2.18. The van der Waals surface area contributed by atoms with Crippen LogP contribution in [0.1, 0.15) is 5.56 Å². The van der Waals surface area contributed by atoms with Gasteiger partial charge in [-0.15, -0.1) is 8.78 Å². The van der Waals surface area contributed by atoms with Crippen LogP contribution >= 0.6 is 0 Å². The SMILES string of the molecule is CN(C(=O)Cn1nc(-c2cccc(C#N)c2)c2[nH]ncc2c1=O)c1ccc2c(c1)OC(F)(F)O2. The second kappa shape index (κ2) is 7.66. The van der Waals surface area contributed by atoms with Crippen LogP contribution in [0.5, 0.6) is 11.5 Å². The molecule has 5 rings (SSSR count). The van der Waals surface area contributed by atoms with Gasteiger partial charge in [0.05, 0.1) is 28.7 Å². The second-order valence-corrected chi connectivity index (χ2v) is 7.41. The highest BCUT2D eigenvalue weighted by atomic mass is 19.3. The number of H-pyrrole nitrogens is 1. The van der Waals surface area contributed by atoms with Gasteiger partial charge < -0.3 is 14.4 Å².